The molecule has 0 spiro atoms. The van der Waals surface area contributed by atoms with E-state index < -0.39 is 0 Å². The van der Waals surface area contributed by atoms with Gasteiger partial charge in [-0.1, -0.05) is 44.1 Å². The first-order valence-corrected chi connectivity index (χ1v) is 5.73. The molecule has 3 nitrogen and oxygen atoms in total. The zero-order chi connectivity index (χ0) is 10.8. The molecule has 0 aliphatic heterocycles. The van der Waals surface area contributed by atoms with Crippen LogP contribution in [-0.4, -0.2) is 18.9 Å². The van der Waals surface area contributed by atoms with Crippen molar-refractivity contribution in [3.8, 4) is 0 Å². The van der Waals surface area contributed by atoms with Crippen molar-refractivity contribution in [1.29, 1.82) is 0 Å². The van der Waals surface area contributed by atoms with E-state index in [1.807, 2.05) is 0 Å². The van der Waals surface area contributed by atoms with E-state index >= 15 is 0 Å². The van der Waals surface area contributed by atoms with Crippen molar-refractivity contribution in [2.24, 2.45) is 16.8 Å². The molecule has 0 aromatic carbocycles. The Morgan fingerprint density at radius 2 is 2.00 bits per heavy atom. The summed E-state index contributed by atoms with van der Waals surface area (Å²) in [5.74, 6) is 0.695. The molecule has 1 unspecified atom stereocenters. The van der Waals surface area contributed by atoms with Crippen molar-refractivity contribution in [3.63, 3.8) is 0 Å². The highest BCUT2D eigenvalue weighted by atomic mass is 16.4. The largest absolute Gasteiger partial charge is 0.409 e. The van der Waals surface area contributed by atoms with Crippen LogP contribution >= 0.6 is 0 Å². The summed E-state index contributed by atoms with van der Waals surface area (Å²) in [7, 11) is 2.19. The first kappa shape index (κ1) is 13.3. The highest BCUT2D eigenvalue weighted by molar-refractivity contribution is 6.08. The number of amidine groups is 1. The Bertz CT molecular complexity index is 162. The SMILES string of the molecule is BCCCCC(CCCC)/C(N)=N/O. The number of rotatable bonds is 8. The summed E-state index contributed by atoms with van der Waals surface area (Å²) in [5.41, 5.74) is 5.64. The Hall–Kier alpha value is -0.665. The lowest BCUT2D eigenvalue weighted by atomic mass is 9.92. The molecule has 14 heavy (non-hydrogen) atoms. The molecule has 3 N–H and O–H groups in total. The number of unbranched alkanes of at least 4 members (excludes halogenated alkanes) is 2. The van der Waals surface area contributed by atoms with Gasteiger partial charge in [0.25, 0.3) is 0 Å². The molecule has 0 rings (SSSR count). The second kappa shape index (κ2) is 8.91. The molecular formula is C10H23BN2O. The zero-order valence-corrected chi connectivity index (χ0v) is 9.50. The number of hydrogen-bond acceptors (Lipinski definition) is 2. The Kier molecular flexibility index (Phi) is 8.49. The van der Waals surface area contributed by atoms with Crippen LogP contribution < -0.4 is 5.73 Å². The van der Waals surface area contributed by atoms with Gasteiger partial charge in [0.1, 0.15) is 13.7 Å². The van der Waals surface area contributed by atoms with Gasteiger partial charge in [0, 0.05) is 5.92 Å². The van der Waals surface area contributed by atoms with E-state index in [9.17, 15) is 0 Å². The van der Waals surface area contributed by atoms with Crippen molar-refractivity contribution in [3.05, 3.63) is 0 Å². The lowest BCUT2D eigenvalue weighted by molar-refractivity contribution is 0.311. The summed E-state index contributed by atoms with van der Waals surface area (Å²) >= 11 is 0. The number of nitrogens with zero attached hydrogens (tertiary/aromatic N) is 1. The Morgan fingerprint density at radius 3 is 2.50 bits per heavy atom. The molecule has 0 aromatic rings. The third-order valence-corrected chi connectivity index (χ3v) is 2.60. The monoisotopic (exact) mass is 198 g/mol. The highest BCUT2D eigenvalue weighted by Gasteiger charge is 2.12. The summed E-state index contributed by atoms with van der Waals surface area (Å²) in [6.45, 7) is 2.16. The molecule has 0 aliphatic carbocycles. The van der Waals surface area contributed by atoms with Crippen molar-refractivity contribution in [2.45, 2.75) is 51.8 Å². The number of nitrogens with two attached hydrogens (primary N) is 1. The van der Waals surface area contributed by atoms with Gasteiger partial charge in [-0.25, -0.2) is 0 Å². The number of hydrogen-bond donors (Lipinski definition) is 2. The lowest BCUT2D eigenvalue weighted by Crippen LogP contribution is -2.23. The quantitative estimate of drug-likeness (QED) is 0.156. The van der Waals surface area contributed by atoms with Gasteiger partial charge in [0.15, 0.2) is 0 Å². The first-order chi connectivity index (χ1) is 6.76. The maximum atomic E-state index is 8.62. The highest BCUT2D eigenvalue weighted by Crippen LogP contribution is 2.16. The molecule has 0 heterocycles. The van der Waals surface area contributed by atoms with E-state index in [1.165, 1.54) is 25.6 Å². The molecule has 0 saturated heterocycles. The fraction of sp³-hybridized carbons (Fsp3) is 0.900. The van der Waals surface area contributed by atoms with E-state index in [4.69, 9.17) is 10.9 Å². The van der Waals surface area contributed by atoms with Crippen LogP contribution in [0.3, 0.4) is 0 Å². The van der Waals surface area contributed by atoms with Crippen LogP contribution in [0.25, 0.3) is 0 Å². The molecule has 1 atom stereocenters. The predicted octanol–water partition coefficient (Wildman–Crippen LogP) is 1.76. The van der Waals surface area contributed by atoms with Gasteiger partial charge in [-0.3, -0.25) is 0 Å². The summed E-state index contributed by atoms with van der Waals surface area (Å²) in [4.78, 5) is 0. The smallest absolute Gasteiger partial charge is 0.142 e. The number of oxime groups is 1. The average Bonchev–Trinajstić information content (AvgIpc) is 2.22. The molecule has 0 aliphatic rings. The van der Waals surface area contributed by atoms with E-state index in [0.29, 0.717) is 5.84 Å². The topological polar surface area (TPSA) is 58.6 Å². The normalized spacial score (nSPS) is 14.2. The molecule has 4 heteroatoms. The minimum atomic E-state index is 0.284. The van der Waals surface area contributed by atoms with Crippen molar-refractivity contribution in [2.75, 3.05) is 0 Å². The van der Waals surface area contributed by atoms with Gasteiger partial charge in [-0.15, -0.1) is 0 Å². The fourth-order valence-electron chi connectivity index (χ4n) is 1.61. The minimum absolute atomic E-state index is 0.284. The van der Waals surface area contributed by atoms with Crippen LogP contribution in [-0.2, 0) is 0 Å². The summed E-state index contributed by atoms with van der Waals surface area (Å²) in [6.07, 6.45) is 8.08. The van der Waals surface area contributed by atoms with Crippen molar-refractivity contribution in [1.82, 2.24) is 0 Å². The van der Waals surface area contributed by atoms with Crippen LogP contribution in [0.2, 0.25) is 6.32 Å². The zero-order valence-electron chi connectivity index (χ0n) is 9.50. The van der Waals surface area contributed by atoms with E-state index in [-0.39, 0.29) is 5.92 Å². The lowest BCUT2D eigenvalue weighted by Gasteiger charge is -2.14. The first-order valence-electron chi connectivity index (χ1n) is 5.73. The van der Waals surface area contributed by atoms with Crippen LogP contribution in [0.4, 0.5) is 0 Å². The molecule has 0 radical (unpaired) electrons. The van der Waals surface area contributed by atoms with E-state index in [2.05, 4.69) is 19.9 Å². The van der Waals surface area contributed by atoms with Gasteiger partial charge in [-0.2, -0.15) is 0 Å². The third kappa shape index (κ3) is 5.89. The summed E-state index contributed by atoms with van der Waals surface area (Å²) in [5, 5.41) is 11.7. The van der Waals surface area contributed by atoms with Gasteiger partial charge in [-0.05, 0) is 12.8 Å². The predicted molar refractivity (Wildman–Crippen MR) is 63.6 cm³/mol. The van der Waals surface area contributed by atoms with Gasteiger partial charge >= 0.3 is 0 Å². The van der Waals surface area contributed by atoms with E-state index in [1.54, 1.807) is 0 Å². The Morgan fingerprint density at radius 1 is 1.36 bits per heavy atom. The minimum Gasteiger partial charge on any atom is -0.409 e. The van der Waals surface area contributed by atoms with Crippen LogP contribution in [0.15, 0.2) is 5.16 Å². The van der Waals surface area contributed by atoms with Crippen LogP contribution in [0, 0.1) is 5.92 Å². The second-order valence-corrected chi connectivity index (χ2v) is 3.86. The second-order valence-electron chi connectivity index (χ2n) is 3.86. The van der Waals surface area contributed by atoms with Crippen LogP contribution in [0.1, 0.15) is 45.4 Å². The standard InChI is InChI=1S/C10H23BN2O/c1-2-3-6-9(10(12)13-14)7-4-5-8-11/h9,14H,2-8,11H2,1H3,(H2,12,13). The molecule has 0 fully saturated rings. The van der Waals surface area contributed by atoms with Crippen LogP contribution in [0.5, 0.6) is 0 Å². The molecule has 0 aromatic heterocycles. The average molecular weight is 198 g/mol. The summed E-state index contributed by atoms with van der Waals surface area (Å²) < 4.78 is 0. The molecule has 82 valence electrons. The van der Waals surface area contributed by atoms with Gasteiger partial charge in [0.05, 0.1) is 0 Å². The molecule has 0 bridgehead atoms. The van der Waals surface area contributed by atoms with Crippen molar-refractivity contribution >= 4 is 13.7 Å². The molecule has 0 saturated carbocycles. The van der Waals surface area contributed by atoms with Gasteiger partial charge < -0.3 is 10.9 Å². The fourth-order valence-corrected chi connectivity index (χ4v) is 1.61. The van der Waals surface area contributed by atoms with E-state index in [0.717, 1.165) is 19.3 Å². The molecular weight excluding hydrogens is 175 g/mol. The molecule has 0 amide bonds. The third-order valence-electron chi connectivity index (χ3n) is 2.60. The maximum absolute atomic E-state index is 8.62. The maximum Gasteiger partial charge on any atom is 0.142 e. The summed E-state index contributed by atoms with van der Waals surface area (Å²) in [6, 6.07) is 0. The van der Waals surface area contributed by atoms with Gasteiger partial charge in [0.2, 0.25) is 0 Å². The van der Waals surface area contributed by atoms with Crippen molar-refractivity contribution < 1.29 is 5.21 Å². The Labute approximate surface area is 88.2 Å². The Balaban J connectivity index is 3.85.